The van der Waals surface area contributed by atoms with Crippen LogP contribution >= 0.6 is 0 Å². The molecular weight excluding hydrogens is 362 g/mol. The van der Waals surface area contributed by atoms with E-state index < -0.39 is 56.8 Å². The number of benzene rings is 1. The number of hydrogen-bond donors (Lipinski definition) is 2. The van der Waals surface area contributed by atoms with Gasteiger partial charge in [-0.25, -0.2) is 18.0 Å². The molecule has 0 amide bonds. The van der Waals surface area contributed by atoms with Gasteiger partial charge >= 0.3 is 5.97 Å². The number of hydrogen-bond acceptors (Lipinski definition) is 3. The molecule has 0 saturated heterocycles. The van der Waals surface area contributed by atoms with E-state index in [4.69, 9.17) is 5.11 Å². The fourth-order valence-corrected chi connectivity index (χ4v) is 2.79. The van der Waals surface area contributed by atoms with E-state index in [2.05, 4.69) is 4.72 Å². The van der Waals surface area contributed by atoms with E-state index in [0.29, 0.717) is 0 Å². The summed E-state index contributed by atoms with van der Waals surface area (Å²) in [6.07, 6.45) is -2.34. The van der Waals surface area contributed by atoms with Gasteiger partial charge in [-0.2, -0.15) is 4.39 Å². The maximum absolute atomic E-state index is 14.7. The minimum absolute atomic E-state index is 0.111. The lowest BCUT2D eigenvalue weighted by Crippen LogP contribution is -2.54. The molecule has 0 radical (unpaired) electrons. The Bertz CT molecular complexity index is 678. The third kappa shape index (κ3) is 4.96. The van der Waals surface area contributed by atoms with Crippen LogP contribution in [0.3, 0.4) is 0 Å². The minimum Gasteiger partial charge on any atom is -0.598 e. The van der Waals surface area contributed by atoms with Crippen LogP contribution in [0.4, 0.5) is 17.6 Å². The standard InChI is InChI=1S/C16H19F4NO3S/c1-15(2,3)25(24)21-16(4,12(19)8-11(18)14(22)23)9-6-5-7-10(17)13(9)20/h5-8,12,21H,1-4H3,(H,22,23)/t12-,16+,25?/m0/s1. The van der Waals surface area contributed by atoms with Crippen LogP contribution in [0.25, 0.3) is 0 Å². The molecule has 9 heteroatoms. The highest BCUT2D eigenvalue weighted by molar-refractivity contribution is 7.90. The molecule has 1 unspecified atom stereocenters. The molecule has 1 rings (SSSR count). The van der Waals surface area contributed by atoms with Crippen molar-refractivity contribution < 1.29 is 32.0 Å². The Morgan fingerprint density at radius 3 is 2.36 bits per heavy atom. The summed E-state index contributed by atoms with van der Waals surface area (Å²) in [6, 6.07) is 2.96. The summed E-state index contributed by atoms with van der Waals surface area (Å²) < 4.78 is 69.6. The van der Waals surface area contributed by atoms with Crippen molar-refractivity contribution in [3.63, 3.8) is 0 Å². The fourth-order valence-electron chi connectivity index (χ4n) is 1.88. The molecule has 0 fully saturated rings. The number of alkyl halides is 1. The Hall–Kier alpha value is -1.58. The van der Waals surface area contributed by atoms with Gasteiger partial charge in [0.1, 0.15) is 16.5 Å². The van der Waals surface area contributed by atoms with Gasteiger partial charge in [0.2, 0.25) is 5.83 Å². The first-order chi connectivity index (χ1) is 11.3. The molecule has 1 aromatic carbocycles. The first kappa shape index (κ1) is 21.5. The van der Waals surface area contributed by atoms with Crippen LogP contribution < -0.4 is 4.72 Å². The molecule has 0 aromatic heterocycles. The van der Waals surface area contributed by atoms with Gasteiger partial charge in [-0.3, -0.25) is 0 Å². The van der Waals surface area contributed by atoms with Crippen LogP contribution in [0.5, 0.6) is 0 Å². The van der Waals surface area contributed by atoms with Gasteiger partial charge in [0.15, 0.2) is 11.6 Å². The zero-order valence-electron chi connectivity index (χ0n) is 14.1. The summed E-state index contributed by atoms with van der Waals surface area (Å²) in [4.78, 5) is 10.6. The topological polar surface area (TPSA) is 72.4 Å². The number of halogens is 4. The number of carbonyl (C=O) groups is 1. The molecule has 0 bridgehead atoms. The van der Waals surface area contributed by atoms with Gasteiger partial charge in [0.05, 0.1) is 0 Å². The van der Waals surface area contributed by atoms with E-state index >= 15 is 0 Å². The average molecular weight is 381 g/mol. The van der Waals surface area contributed by atoms with Crippen molar-refractivity contribution in [1.82, 2.24) is 4.72 Å². The van der Waals surface area contributed by atoms with Gasteiger partial charge in [-0.15, -0.1) is 4.72 Å². The lowest BCUT2D eigenvalue weighted by Gasteiger charge is -2.36. The highest BCUT2D eigenvalue weighted by Gasteiger charge is 2.45. The molecule has 25 heavy (non-hydrogen) atoms. The van der Waals surface area contributed by atoms with Crippen LogP contribution in [0.15, 0.2) is 30.1 Å². The van der Waals surface area contributed by atoms with Gasteiger partial charge in [0.25, 0.3) is 0 Å². The molecule has 3 atom stereocenters. The largest absolute Gasteiger partial charge is 0.598 e. The lowest BCUT2D eigenvalue weighted by molar-refractivity contribution is -0.134. The fraction of sp³-hybridized carbons (Fsp3) is 0.438. The predicted molar refractivity (Wildman–Crippen MR) is 86.5 cm³/mol. The molecule has 0 heterocycles. The minimum atomic E-state index is -2.45. The SMILES string of the molecule is CC(C)(C)[S+]([O-])N[C@](C)(c1cccc(F)c1F)[C@@H](F)C=C(F)C(=O)O. The molecule has 140 valence electrons. The van der Waals surface area contributed by atoms with E-state index in [-0.39, 0.29) is 6.08 Å². The molecule has 0 spiro atoms. The van der Waals surface area contributed by atoms with E-state index in [1.165, 1.54) is 0 Å². The number of carboxylic acid groups (broad SMARTS) is 1. The van der Waals surface area contributed by atoms with E-state index in [0.717, 1.165) is 25.1 Å². The molecule has 4 nitrogen and oxygen atoms in total. The summed E-state index contributed by atoms with van der Waals surface area (Å²) in [5.74, 6) is -6.50. The first-order valence-electron chi connectivity index (χ1n) is 7.19. The van der Waals surface area contributed by atoms with Crippen molar-refractivity contribution in [3.05, 3.63) is 47.3 Å². The molecule has 0 aliphatic rings. The molecule has 0 aliphatic carbocycles. The van der Waals surface area contributed by atoms with E-state index in [1.807, 2.05) is 0 Å². The zero-order chi connectivity index (χ0) is 19.6. The Labute approximate surface area is 146 Å². The highest BCUT2D eigenvalue weighted by Crippen LogP contribution is 2.34. The molecular formula is C16H19F4NO3S. The Kier molecular flexibility index (Phi) is 6.66. The van der Waals surface area contributed by atoms with Crippen molar-refractivity contribution >= 4 is 17.3 Å². The van der Waals surface area contributed by atoms with Crippen molar-refractivity contribution in [2.75, 3.05) is 0 Å². The van der Waals surface area contributed by atoms with Gasteiger partial charge in [0, 0.05) is 16.9 Å². The highest BCUT2D eigenvalue weighted by atomic mass is 32.2. The van der Waals surface area contributed by atoms with Crippen LogP contribution in [0, 0.1) is 11.6 Å². The zero-order valence-corrected chi connectivity index (χ0v) is 14.9. The molecule has 0 saturated carbocycles. The summed E-state index contributed by atoms with van der Waals surface area (Å²) in [6.45, 7) is 5.71. The lowest BCUT2D eigenvalue weighted by atomic mass is 9.87. The van der Waals surface area contributed by atoms with Crippen molar-refractivity contribution in [3.8, 4) is 0 Å². The monoisotopic (exact) mass is 381 g/mol. The van der Waals surface area contributed by atoms with Crippen LogP contribution in [-0.4, -0.2) is 26.5 Å². The third-order valence-corrected chi connectivity index (χ3v) is 5.14. The Balaban J connectivity index is 3.48. The van der Waals surface area contributed by atoms with E-state index in [1.54, 1.807) is 20.8 Å². The van der Waals surface area contributed by atoms with Gasteiger partial charge in [-0.1, -0.05) is 12.1 Å². The number of nitrogens with one attached hydrogen (secondary N) is 1. The third-order valence-electron chi connectivity index (χ3n) is 3.42. The number of rotatable bonds is 6. The maximum atomic E-state index is 14.7. The molecule has 0 aliphatic heterocycles. The van der Waals surface area contributed by atoms with Crippen molar-refractivity contribution in [2.24, 2.45) is 0 Å². The normalized spacial score (nSPS) is 17.7. The second kappa shape index (κ2) is 7.76. The number of aliphatic carboxylic acids is 1. The maximum Gasteiger partial charge on any atom is 0.364 e. The van der Waals surface area contributed by atoms with Crippen LogP contribution in [0.2, 0.25) is 0 Å². The summed E-state index contributed by atoms with van der Waals surface area (Å²) in [5, 5.41) is 8.55. The summed E-state index contributed by atoms with van der Waals surface area (Å²) in [7, 11) is 0. The second-order valence-corrected chi connectivity index (χ2v) is 8.47. The first-order valence-corrected chi connectivity index (χ1v) is 8.34. The molecule has 2 N–H and O–H groups in total. The summed E-state index contributed by atoms with van der Waals surface area (Å²) >= 11 is -1.95. The van der Waals surface area contributed by atoms with Crippen molar-refractivity contribution in [2.45, 2.75) is 44.2 Å². The van der Waals surface area contributed by atoms with Gasteiger partial charge in [-0.05, 0) is 39.8 Å². The Morgan fingerprint density at radius 1 is 1.32 bits per heavy atom. The average Bonchev–Trinajstić information content (AvgIpc) is 2.48. The van der Waals surface area contributed by atoms with Crippen LogP contribution in [-0.2, 0) is 21.7 Å². The number of carboxylic acids is 1. The van der Waals surface area contributed by atoms with E-state index in [9.17, 15) is 26.9 Å². The van der Waals surface area contributed by atoms with Gasteiger partial charge < -0.3 is 9.66 Å². The molecule has 1 aromatic rings. The quantitative estimate of drug-likeness (QED) is 0.449. The Morgan fingerprint density at radius 2 is 1.88 bits per heavy atom. The van der Waals surface area contributed by atoms with Crippen LogP contribution in [0.1, 0.15) is 33.3 Å². The van der Waals surface area contributed by atoms with Crippen molar-refractivity contribution in [1.29, 1.82) is 0 Å². The second-order valence-electron chi connectivity index (χ2n) is 6.51. The smallest absolute Gasteiger partial charge is 0.364 e. The predicted octanol–water partition coefficient (Wildman–Crippen LogP) is 3.51. The summed E-state index contributed by atoms with van der Waals surface area (Å²) in [5.41, 5.74) is -2.73.